The average Bonchev–Trinajstić information content (AvgIpc) is 3.25. The molecule has 40 heavy (non-hydrogen) atoms. The summed E-state index contributed by atoms with van der Waals surface area (Å²) in [5, 5.41) is 9.76. The maximum Gasteiger partial charge on any atom is 0.354 e. The summed E-state index contributed by atoms with van der Waals surface area (Å²) in [6.45, 7) is 3.55. The van der Waals surface area contributed by atoms with E-state index in [0.717, 1.165) is 44.8 Å². The number of carbonyl (C=O) groups is 1. The molecule has 2 aliphatic rings. The average molecular weight is 567 g/mol. The summed E-state index contributed by atoms with van der Waals surface area (Å²) in [5.41, 5.74) is 1.72. The molecule has 2 saturated heterocycles. The van der Waals surface area contributed by atoms with Gasteiger partial charge in [-0.05, 0) is 49.1 Å². The first-order valence-corrected chi connectivity index (χ1v) is 13.6. The number of ether oxygens (including phenoxy) is 2. The molecule has 6 rings (SSSR count). The van der Waals surface area contributed by atoms with Crippen LogP contribution in [0.3, 0.4) is 0 Å². The third-order valence-corrected chi connectivity index (χ3v) is 7.54. The van der Waals surface area contributed by atoms with Gasteiger partial charge in [0.2, 0.25) is 5.88 Å². The Labute approximate surface area is 234 Å². The lowest BCUT2D eigenvalue weighted by atomic mass is 10.1. The van der Waals surface area contributed by atoms with Crippen LogP contribution in [-0.4, -0.2) is 72.4 Å². The molecule has 208 valence electrons. The highest BCUT2D eigenvalue weighted by Gasteiger charge is 2.26. The Kier molecular flexibility index (Phi) is 7.59. The molecule has 0 spiro atoms. The molecule has 0 bridgehead atoms. The number of hydrogen-bond acceptors (Lipinski definition) is 8. The van der Waals surface area contributed by atoms with Crippen molar-refractivity contribution in [2.75, 3.05) is 19.7 Å². The van der Waals surface area contributed by atoms with Gasteiger partial charge in [0.1, 0.15) is 29.1 Å². The number of halogens is 2. The predicted molar refractivity (Wildman–Crippen MR) is 144 cm³/mol. The monoisotopic (exact) mass is 566 g/mol. The molecular weight excluding hydrogens is 539 g/mol. The smallest absolute Gasteiger partial charge is 0.354 e. The number of fused-ring (bicyclic) bond motifs is 1. The lowest BCUT2D eigenvalue weighted by Crippen LogP contribution is -2.39. The van der Waals surface area contributed by atoms with Crippen molar-refractivity contribution in [2.24, 2.45) is 0 Å². The number of rotatable bonds is 9. The standard InChI is InChI=1S/C28H28ClFN6O4/c29-18-2-1-17(21(30)14-18)13-24-31-9-5-26(34-24)40-19-6-10-35(11-7-19)16-25-32-22-3-4-23(28(37)38)33-27(22)36(25)15-20-8-12-39-20/h1-5,9,14,19-20H,6-8,10-13,15-16H2,(H,37,38). The lowest BCUT2D eigenvalue weighted by molar-refractivity contribution is -0.0593. The molecule has 1 N–H and O–H groups in total. The predicted octanol–water partition coefficient (Wildman–Crippen LogP) is 4.14. The first-order valence-electron chi connectivity index (χ1n) is 13.3. The molecule has 0 aliphatic carbocycles. The van der Waals surface area contributed by atoms with Gasteiger partial charge < -0.3 is 19.1 Å². The molecule has 0 amide bonds. The molecule has 1 unspecified atom stereocenters. The molecule has 2 fully saturated rings. The highest BCUT2D eigenvalue weighted by molar-refractivity contribution is 6.30. The molecular formula is C28H28ClFN6O4. The fraction of sp³-hybridized carbons (Fsp3) is 0.393. The van der Waals surface area contributed by atoms with Crippen molar-refractivity contribution in [1.29, 1.82) is 0 Å². The van der Waals surface area contributed by atoms with E-state index in [-0.39, 0.29) is 30.1 Å². The zero-order chi connectivity index (χ0) is 27.6. The largest absolute Gasteiger partial charge is 0.477 e. The van der Waals surface area contributed by atoms with Gasteiger partial charge in [-0.25, -0.2) is 24.1 Å². The Morgan fingerprint density at radius 3 is 2.67 bits per heavy atom. The van der Waals surface area contributed by atoms with Crippen LogP contribution in [0.5, 0.6) is 5.88 Å². The van der Waals surface area contributed by atoms with Crippen molar-refractivity contribution in [1.82, 2.24) is 29.4 Å². The normalized spacial score (nSPS) is 18.1. The van der Waals surface area contributed by atoms with Crippen LogP contribution in [0.1, 0.15) is 47.0 Å². The van der Waals surface area contributed by atoms with Gasteiger partial charge in [-0.3, -0.25) is 4.90 Å². The lowest BCUT2D eigenvalue weighted by Gasteiger charge is -2.32. The molecule has 1 atom stereocenters. The molecule has 1 aromatic carbocycles. The van der Waals surface area contributed by atoms with Crippen molar-refractivity contribution in [3.8, 4) is 5.88 Å². The number of aromatic carboxylic acids is 1. The van der Waals surface area contributed by atoms with Crippen LogP contribution in [0.4, 0.5) is 4.39 Å². The minimum atomic E-state index is -1.06. The van der Waals surface area contributed by atoms with Crippen LogP contribution in [0.15, 0.2) is 42.6 Å². The maximum absolute atomic E-state index is 14.2. The Bertz CT molecular complexity index is 1540. The fourth-order valence-corrected chi connectivity index (χ4v) is 5.19. The quantitative estimate of drug-likeness (QED) is 0.319. The van der Waals surface area contributed by atoms with Crippen molar-refractivity contribution in [2.45, 2.75) is 51.0 Å². The van der Waals surface area contributed by atoms with Gasteiger partial charge in [0.15, 0.2) is 11.3 Å². The van der Waals surface area contributed by atoms with Crippen LogP contribution in [-0.2, 0) is 24.2 Å². The van der Waals surface area contributed by atoms with E-state index in [9.17, 15) is 14.3 Å². The number of benzene rings is 1. The fourth-order valence-electron chi connectivity index (χ4n) is 5.03. The van der Waals surface area contributed by atoms with E-state index in [1.807, 2.05) is 4.57 Å². The summed E-state index contributed by atoms with van der Waals surface area (Å²) in [7, 11) is 0. The van der Waals surface area contributed by atoms with Crippen LogP contribution in [0.2, 0.25) is 5.02 Å². The number of aromatic nitrogens is 5. The van der Waals surface area contributed by atoms with Gasteiger partial charge in [-0.1, -0.05) is 17.7 Å². The summed E-state index contributed by atoms with van der Waals surface area (Å²) in [5.74, 6) is 0.341. The summed E-state index contributed by atoms with van der Waals surface area (Å²) >= 11 is 5.85. The summed E-state index contributed by atoms with van der Waals surface area (Å²) in [4.78, 5) is 31.7. The number of hydrogen-bond donors (Lipinski definition) is 1. The number of carboxylic acids is 1. The Morgan fingerprint density at radius 1 is 1.12 bits per heavy atom. The molecule has 3 aromatic heterocycles. The third kappa shape index (κ3) is 5.91. The molecule has 4 aromatic rings. The number of likely N-dealkylation sites (tertiary alicyclic amines) is 1. The van der Waals surface area contributed by atoms with Gasteiger partial charge in [-0.15, -0.1) is 0 Å². The topological polar surface area (TPSA) is 115 Å². The van der Waals surface area contributed by atoms with Crippen molar-refractivity contribution >= 4 is 28.7 Å². The van der Waals surface area contributed by atoms with E-state index in [1.165, 1.54) is 12.1 Å². The number of piperidine rings is 1. The third-order valence-electron chi connectivity index (χ3n) is 7.30. The Hall–Kier alpha value is -3.67. The van der Waals surface area contributed by atoms with Crippen LogP contribution in [0, 0.1) is 5.82 Å². The van der Waals surface area contributed by atoms with Gasteiger partial charge in [0, 0.05) is 43.4 Å². The molecule has 12 heteroatoms. The van der Waals surface area contributed by atoms with Crippen LogP contribution >= 0.6 is 11.6 Å². The molecule has 0 saturated carbocycles. The minimum absolute atomic E-state index is 0.00105. The Morgan fingerprint density at radius 2 is 1.95 bits per heavy atom. The minimum Gasteiger partial charge on any atom is -0.477 e. The molecule has 2 aliphatic heterocycles. The van der Waals surface area contributed by atoms with Crippen molar-refractivity contribution < 1.29 is 23.8 Å². The first-order chi connectivity index (χ1) is 19.4. The number of nitrogens with zero attached hydrogens (tertiary/aromatic N) is 6. The van der Waals surface area contributed by atoms with E-state index in [0.29, 0.717) is 46.5 Å². The number of imidazole rings is 1. The van der Waals surface area contributed by atoms with Crippen molar-refractivity contribution in [3.63, 3.8) is 0 Å². The maximum atomic E-state index is 14.2. The second-order valence-electron chi connectivity index (χ2n) is 10.1. The molecule has 10 nitrogen and oxygen atoms in total. The van der Waals surface area contributed by atoms with E-state index in [4.69, 9.17) is 26.1 Å². The Balaban J connectivity index is 1.09. The SMILES string of the molecule is O=C(O)c1ccc2nc(CN3CCC(Oc4ccnc(Cc5ccc(Cl)cc5F)n4)CC3)n(CC3CCO3)c2n1. The number of pyridine rings is 1. The van der Waals surface area contributed by atoms with E-state index in [1.54, 1.807) is 30.5 Å². The second-order valence-corrected chi connectivity index (χ2v) is 10.5. The summed E-state index contributed by atoms with van der Waals surface area (Å²) in [6, 6.07) is 9.49. The first kappa shape index (κ1) is 26.5. The van der Waals surface area contributed by atoms with Crippen LogP contribution in [0.25, 0.3) is 11.2 Å². The van der Waals surface area contributed by atoms with Crippen molar-refractivity contribution in [3.05, 3.63) is 76.3 Å². The van der Waals surface area contributed by atoms with E-state index < -0.39 is 5.97 Å². The zero-order valence-corrected chi connectivity index (χ0v) is 22.4. The van der Waals surface area contributed by atoms with Gasteiger partial charge in [0.05, 0.1) is 19.2 Å². The van der Waals surface area contributed by atoms with Gasteiger partial charge in [0.25, 0.3) is 0 Å². The van der Waals surface area contributed by atoms with E-state index in [2.05, 4.69) is 19.9 Å². The molecule has 0 radical (unpaired) electrons. The second kappa shape index (κ2) is 11.4. The highest BCUT2D eigenvalue weighted by atomic mass is 35.5. The zero-order valence-electron chi connectivity index (χ0n) is 21.7. The highest BCUT2D eigenvalue weighted by Crippen LogP contribution is 2.24. The van der Waals surface area contributed by atoms with Gasteiger partial charge >= 0.3 is 5.97 Å². The number of carboxylic acid groups (broad SMARTS) is 1. The summed E-state index contributed by atoms with van der Waals surface area (Å²) in [6.07, 6.45) is 4.51. The van der Waals surface area contributed by atoms with E-state index >= 15 is 0 Å². The summed E-state index contributed by atoms with van der Waals surface area (Å²) < 4.78 is 28.0. The molecule has 5 heterocycles. The van der Waals surface area contributed by atoms with Gasteiger partial charge in [-0.2, -0.15) is 4.98 Å². The van der Waals surface area contributed by atoms with Crippen LogP contribution < -0.4 is 4.74 Å².